The molecule has 1 atom stereocenters. The van der Waals surface area contributed by atoms with Crippen molar-refractivity contribution in [2.75, 3.05) is 26.2 Å². The summed E-state index contributed by atoms with van der Waals surface area (Å²) in [5.74, 6) is 0.899. The van der Waals surface area contributed by atoms with E-state index in [0.717, 1.165) is 18.0 Å². The number of hydrogen-bond donors (Lipinski definition) is 1. The first-order valence-electron chi connectivity index (χ1n) is 5.31. The summed E-state index contributed by atoms with van der Waals surface area (Å²) >= 11 is 0. The number of likely N-dealkylation sites (tertiary alicyclic amines) is 1. The van der Waals surface area contributed by atoms with Crippen LogP contribution < -0.4 is 5.73 Å². The Balaban J connectivity index is 2.29. The topological polar surface area (TPSA) is 29.3 Å². The van der Waals surface area contributed by atoms with Crippen LogP contribution in [0.2, 0.25) is 0 Å². The van der Waals surface area contributed by atoms with Crippen LogP contribution in [0.5, 0.6) is 0 Å². The zero-order valence-electron chi connectivity index (χ0n) is 8.76. The van der Waals surface area contributed by atoms with Gasteiger partial charge in [0.1, 0.15) is 0 Å². The fourth-order valence-electron chi connectivity index (χ4n) is 1.86. The van der Waals surface area contributed by atoms with Crippen LogP contribution >= 0.6 is 0 Å². The summed E-state index contributed by atoms with van der Waals surface area (Å²) in [5, 5.41) is 0. The molecule has 0 aromatic carbocycles. The van der Waals surface area contributed by atoms with Crippen LogP contribution in [0.25, 0.3) is 0 Å². The minimum atomic E-state index is 0.631. The summed E-state index contributed by atoms with van der Waals surface area (Å²) in [6.45, 7) is 10.4. The van der Waals surface area contributed by atoms with Gasteiger partial charge in [0, 0.05) is 13.1 Å². The molecule has 0 aromatic rings. The molecular weight excluding hydrogens is 160 g/mol. The van der Waals surface area contributed by atoms with Crippen LogP contribution in [0.15, 0.2) is 12.2 Å². The molecule has 0 aliphatic carbocycles. The molecule has 1 aliphatic rings. The highest BCUT2D eigenvalue weighted by Crippen LogP contribution is 2.16. The van der Waals surface area contributed by atoms with Gasteiger partial charge in [-0.1, -0.05) is 13.5 Å². The number of nitrogens with two attached hydrogens (primary N) is 1. The lowest BCUT2D eigenvalue weighted by Crippen LogP contribution is -2.28. The Morgan fingerprint density at radius 3 is 2.92 bits per heavy atom. The second kappa shape index (κ2) is 5.40. The largest absolute Gasteiger partial charge is 0.327 e. The smallest absolute Gasteiger partial charge is 0.0202 e. The zero-order valence-corrected chi connectivity index (χ0v) is 8.76. The Morgan fingerprint density at radius 2 is 2.23 bits per heavy atom. The Bertz CT molecular complexity index is 165. The summed E-state index contributed by atoms with van der Waals surface area (Å²) in [5.41, 5.74) is 6.69. The van der Waals surface area contributed by atoms with Crippen molar-refractivity contribution in [1.82, 2.24) is 4.90 Å². The summed E-state index contributed by atoms with van der Waals surface area (Å²) < 4.78 is 0. The fourth-order valence-corrected chi connectivity index (χ4v) is 1.86. The van der Waals surface area contributed by atoms with Gasteiger partial charge in [-0.05, 0) is 43.8 Å². The standard InChI is InChI=1S/C11H22N2/c1-10-4-3-6-13(7-5-10)9-11(2)8-12/h10H,2-9,12H2,1H3. The van der Waals surface area contributed by atoms with Crippen molar-refractivity contribution in [1.29, 1.82) is 0 Å². The van der Waals surface area contributed by atoms with Gasteiger partial charge in [0.2, 0.25) is 0 Å². The molecular formula is C11H22N2. The van der Waals surface area contributed by atoms with E-state index in [1.54, 1.807) is 0 Å². The molecule has 0 bridgehead atoms. The maximum Gasteiger partial charge on any atom is 0.0202 e. The fraction of sp³-hybridized carbons (Fsp3) is 0.818. The van der Waals surface area contributed by atoms with E-state index in [2.05, 4.69) is 18.4 Å². The zero-order chi connectivity index (χ0) is 9.68. The minimum absolute atomic E-state index is 0.631. The molecule has 2 nitrogen and oxygen atoms in total. The van der Waals surface area contributed by atoms with Gasteiger partial charge in [0.05, 0.1) is 0 Å². The average Bonchev–Trinajstić information content (AvgIpc) is 2.31. The highest BCUT2D eigenvalue weighted by molar-refractivity contribution is 4.98. The third kappa shape index (κ3) is 3.92. The molecule has 2 N–H and O–H groups in total. The van der Waals surface area contributed by atoms with E-state index in [4.69, 9.17) is 5.73 Å². The van der Waals surface area contributed by atoms with Crippen LogP contribution in [0.3, 0.4) is 0 Å². The molecule has 1 fully saturated rings. The molecule has 1 unspecified atom stereocenters. The molecule has 0 radical (unpaired) electrons. The predicted octanol–water partition coefficient (Wildman–Crippen LogP) is 1.62. The average molecular weight is 182 g/mol. The lowest BCUT2D eigenvalue weighted by molar-refractivity contribution is 0.304. The van der Waals surface area contributed by atoms with E-state index in [1.807, 2.05) is 0 Å². The van der Waals surface area contributed by atoms with E-state index in [-0.39, 0.29) is 0 Å². The van der Waals surface area contributed by atoms with E-state index in [0.29, 0.717) is 6.54 Å². The molecule has 13 heavy (non-hydrogen) atoms. The molecule has 1 heterocycles. The van der Waals surface area contributed by atoms with Gasteiger partial charge in [-0.2, -0.15) is 0 Å². The maximum atomic E-state index is 5.53. The van der Waals surface area contributed by atoms with Crippen molar-refractivity contribution in [3.05, 3.63) is 12.2 Å². The van der Waals surface area contributed by atoms with Gasteiger partial charge in [0.15, 0.2) is 0 Å². The van der Waals surface area contributed by atoms with Crippen molar-refractivity contribution >= 4 is 0 Å². The second-order valence-electron chi connectivity index (χ2n) is 4.27. The summed E-state index contributed by atoms with van der Waals surface area (Å²) in [6.07, 6.45) is 4.04. The molecule has 1 rings (SSSR count). The quantitative estimate of drug-likeness (QED) is 0.672. The number of hydrogen-bond acceptors (Lipinski definition) is 2. The van der Waals surface area contributed by atoms with Crippen molar-refractivity contribution in [2.45, 2.75) is 26.2 Å². The molecule has 0 aromatic heterocycles. The molecule has 0 spiro atoms. The molecule has 0 amide bonds. The van der Waals surface area contributed by atoms with Crippen molar-refractivity contribution in [2.24, 2.45) is 11.7 Å². The number of nitrogens with zero attached hydrogens (tertiary/aromatic N) is 1. The Labute approximate surface area is 81.8 Å². The predicted molar refractivity (Wildman–Crippen MR) is 57.6 cm³/mol. The normalized spacial score (nSPS) is 25.5. The van der Waals surface area contributed by atoms with Crippen LogP contribution in [0.1, 0.15) is 26.2 Å². The minimum Gasteiger partial charge on any atom is -0.327 e. The van der Waals surface area contributed by atoms with Gasteiger partial charge < -0.3 is 5.73 Å². The van der Waals surface area contributed by atoms with Gasteiger partial charge in [-0.3, -0.25) is 4.90 Å². The summed E-state index contributed by atoms with van der Waals surface area (Å²) in [6, 6.07) is 0. The molecule has 0 saturated carbocycles. The monoisotopic (exact) mass is 182 g/mol. The van der Waals surface area contributed by atoms with Crippen molar-refractivity contribution in [3.8, 4) is 0 Å². The maximum absolute atomic E-state index is 5.53. The lowest BCUT2D eigenvalue weighted by Gasteiger charge is -2.20. The highest BCUT2D eigenvalue weighted by atomic mass is 15.1. The summed E-state index contributed by atoms with van der Waals surface area (Å²) in [4.78, 5) is 2.48. The molecule has 1 aliphatic heterocycles. The Kier molecular flexibility index (Phi) is 4.46. The van der Waals surface area contributed by atoms with Crippen LogP contribution in [0, 0.1) is 5.92 Å². The first kappa shape index (κ1) is 10.7. The molecule has 2 heteroatoms. The first-order chi connectivity index (χ1) is 6.22. The van der Waals surface area contributed by atoms with Crippen LogP contribution in [-0.4, -0.2) is 31.1 Å². The Morgan fingerprint density at radius 1 is 1.46 bits per heavy atom. The van der Waals surface area contributed by atoms with Crippen LogP contribution in [-0.2, 0) is 0 Å². The van der Waals surface area contributed by atoms with E-state index in [9.17, 15) is 0 Å². The third-order valence-corrected chi connectivity index (χ3v) is 2.85. The number of rotatable bonds is 3. The van der Waals surface area contributed by atoms with Crippen molar-refractivity contribution in [3.63, 3.8) is 0 Å². The third-order valence-electron chi connectivity index (χ3n) is 2.85. The van der Waals surface area contributed by atoms with E-state index < -0.39 is 0 Å². The summed E-state index contributed by atoms with van der Waals surface area (Å²) in [7, 11) is 0. The van der Waals surface area contributed by atoms with Gasteiger partial charge in [-0.15, -0.1) is 0 Å². The lowest BCUT2D eigenvalue weighted by atomic mass is 10.0. The van der Waals surface area contributed by atoms with Gasteiger partial charge in [-0.25, -0.2) is 0 Å². The molecule has 1 saturated heterocycles. The van der Waals surface area contributed by atoms with Gasteiger partial charge >= 0.3 is 0 Å². The molecule has 76 valence electrons. The first-order valence-corrected chi connectivity index (χ1v) is 5.31. The second-order valence-corrected chi connectivity index (χ2v) is 4.27. The van der Waals surface area contributed by atoms with Crippen molar-refractivity contribution < 1.29 is 0 Å². The Hall–Kier alpha value is -0.340. The van der Waals surface area contributed by atoms with E-state index in [1.165, 1.54) is 32.4 Å². The van der Waals surface area contributed by atoms with E-state index >= 15 is 0 Å². The van der Waals surface area contributed by atoms with Gasteiger partial charge in [0.25, 0.3) is 0 Å². The highest BCUT2D eigenvalue weighted by Gasteiger charge is 2.13. The van der Waals surface area contributed by atoms with Crippen LogP contribution in [0.4, 0.5) is 0 Å². The SMILES string of the molecule is C=C(CN)CN1CCCC(C)CC1.